The van der Waals surface area contributed by atoms with Crippen molar-refractivity contribution >= 4 is 34.1 Å². The van der Waals surface area contributed by atoms with Crippen molar-refractivity contribution in [3.8, 4) is 6.07 Å². The number of pyridine rings is 1. The molecular weight excluding hydrogens is 452 g/mol. The van der Waals surface area contributed by atoms with E-state index >= 15 is 4.39 Å². The molecule has 0 spiro atoms. The molecule has 2 N–H and O–H groups in total. The molecule has 0 unspecified atom stereocenters. The van der Waals surface area contributed by atoms with Crippen molar-refractivity contribution in [3.05, 3.63) is 101 Å². The number of nitriles is 1. The number of nitrogens with zero attached hydrogens (tertiary/aromatic N) is 2. The highest BCUT2D eigenvalue weighted by molar-refractivity contribution is 6.12. The third-order valence-electron chi connectivity index (χ3n) is 4.79. The van der Waals surface area contributed by atoms with E-state index in [2.05, 4.69) is 10.3 Å². The molecule has 1 heterocycles. The highest BCUT2D eigenvalue weighted by atomic mass is 19.2. The Morgan fingerprint density at radius 3 is 2.44 bits per heavy atom. The fourth-order valence-electron chi connectivity index (χ4n) is 3.22. The minimum Gasteiger partial charge on any atom is -0.308 e. The van der Waals surface area contributed by atoms with E-state index in [1.165, 1.54) is 42.6 Å². The highest BCUT2D eigenvalue weighted by Crippen LogP contribution is 2.28. The van der Waals surface area contributed by atoms with E-state index in [1.807, 2.05) is 11.4 Å². The van der Waals surface area contributed by atoms with Crippen LogP contribution in [-0.4, -0.2) is 16.8 Å². The van der Waals surface area contributed by atoms with Crippen molar-refractivity contribution in [2.45, 2.75) is 0 Å². The first-order valence-electron chi connectivity index (χ1n) is 9.62. The molecule has 0 radical (unpaired) electrons. The Morgan fingerprint density at radius 1 is 0.912 bits per heavy atom. The number of carbonyl (C=O) groups excluding carboxylic acids is 2. The summed E-state index contributed by atoms with van der Waals surface area (Å²) in [7, 11) is 0. The summed E-state index contributed by atoms with van der Waals surface area (Å²) in [6, 6.07) is 11.3. The van der Waals surface area contributed by atoms with Crippen LogP contribution < -0.4 is 10.6 Å². The summed E-state index contributed by atoms with van der Waals surface area (Å²) in [5, 5.41) is 13.6. The van der Waals surface area contributed by atoms with Crippen LogP contribution in [0.4, 0.5) is 33.7 Å². The lowest BCUT2D eigenvalue weighted by Gasteiger charge is -2.12. The minimum absolute atomic E-state index is 0.0262. The quantitative estimate of drug-likeness (QED) is 0.236. The Hall–Kier alpha value is -4.78. The molecule has 0 aliphatic carbocycles. The van der Waals surface area contributed by atoms with Crippen LogP contribution in [0.3, 0.4) is 0 Å². The maximum Gasteiger partial charge on any atom is 0.323 e. The van der Waals surface area contributed by atoms with Crippen LogP contribution in [0.5, 0.6) is 0 Å². The van der Waals surface area contributed by atoms with Crippen LogP contribution in [0.15, 0.2) is 60.8 Å². The second-order valence-electron chi connectivity index (χ2n) is 7.07. The second-order valence-corrected chi connectivity index (χ2v) is 7.07. The number of benzene rings is 3. The number of rotatable bonds is 4. The van der Waals surface area contributed by atoms with E-state index in [1.54, 1.807) is 0 Å². The van der Waals surface area contributed by atoms with Gasteiger partial charge in [-0.25, -0.2) is 22.4 Å². The predicted molar refractivity (Wildman–Crippen MR) is 115 cm³/mol. The molecule has 0 aliphatic rings. The molecule has 4 aromatic rings. The Bertz CT molecular complexity index is 1520. The zero-order chi connectivity index (χ0) is 24.4. The first-order chi connectivity index (χ1) is 16.3. The number of carbonyl (C=O) groups is 2. The normalized spacial score (nSPS) is 10.6. The summed E-state index contributed by atoms with van der Waals surface area (Å²) < 4.78 is 57.0. The summed E-state index contributed by atoms with van der Waals surface area (Å²) in [6.07, 6.45) is 1.32. The molecule has 168 valence electrons. The highest BCUT2D eigenvalue weighted by Gasteiger charge is 2.26. The van der Waals surface area contributed by atoms with E-state index in [0.717, 1.165) is 12.1 Å². The standard InChI is InChI=1S/C24H12F4N4O2/c25-15-2-1-3-16(8-15)31-24(34)32-19-9-17(26)21(27)20(22(19)28)23(33)13-4-5-18-14(7-13)6-12(10-29)11-30-18/h1-9,11H,(H2,31,32,34). The summed E-state index contributed by atoms with van der Waals surface area (Å²) in [5.74, 6) is -6.63. The lowest BCUT2D eigenvalue weighted by atomic mass is 9.99. The molecule has 0 saturated carbocycles. The van der Waals surface area contributed by atoms with E-state index < -0.39 is 46.3 Å². The number of aromatic nitrogens is 1. The molecule has 0 aliphatic heterocycles. The molecule has 34 heavy (non-hydrogen) atoms. The Kier molecular flexibility index (Phi) is 5.93. The van der Waals surface area contributed by atoms with Crippen LogP contribution in [0.25, 0.3) is 10.9 Å². The van der Waals surface area contributed by atoms with Gasteiger partial charge >= 0.3 is 6.03 Å². The number of anilines is 2. The molecule has 0 saturated heterocycles. The van der Waals surface area contributed by atoms with Gasteiger partial charge in [-0.1, -0.05) is 6.07 Å². The van der Waals surface area contributed by atoms with E-state index in [9.17, 15) is 22.8 Å². The largest absolute Gasteiger partial charge is 0.323 e. The molecule has 1 aromatic heterocycles. The number of fused-ring (bicyclic) bond motifs is 1. The fourth-order valence-corrected chi connectivity index (χ4v) is 3.22. The predicted octanol–water partition coefficient (Wildman–Crippen LogP) is 5.54. The first-order valence-corrected chi connectivity index (χ1v) is 9.62. The Morgan fingerprint density at radius 2 is 1.71 bits per heavy atom. The first kappa shape index (κ1) is 22.4. The third-order valence-corrected chi connectivity index (χ3v) is 4.79. The lowest BCUT2D eigenvalue weighted by molar-refractivity contribution is 0.103. The molecule has 0 bridgehead atoms. The smallest absolute Gasteiger partial charge is 0.308 e. The van der Waals surface area contributed by atoms with Crippen molar-refractivity contribution < 1.29 is 27.2 Å². The van der Waals surface area contributed by atoms with Gasteiger partial charge in [0.05, 0.1) is 22.3 Å². The van der Waals surface area contributed by atoms with Gasteiger partial charge < -0.3 is 10.6 Å². The zero-order valence-corrected chi connectivity index (χ0v) is 17.0. The maximum absolute atomic E-state index is 15.1. The monoisotopic (exact) mass is 464 g/mol. The summed E-state index contributed by atoms with van der Waals surface area (Å²) in [6.45, 7) is 0. The SMILES string of the molecule is N#Cc1cnc2ccc(C(=O)c3c(F)c(F)cc(NC(=O)Nc4cccc(F)c4)c3F)cc2c1. The summed E-state index contributed by atoms with van der Waals surface area (Å²) in [5.41, 5.74) is -1.56. The molecular formula is C24H12F4N4O2. The molecule has 4 rings (SSSR count). The van der Waals surface area contributed by atoms with Crippen LogP contribution in [0.2, 0.25) is 0 Å². The topological polar surface area (TPSA) is 94.9 Å². The van der Waals surface area contributed by atoms with E-state index in [-0.39, 0.29) is 16.8 Å². The third kappa shape index (κ3) is 4.40. The van der Waals surface area contributed by atoms with Crippen LogP contribution in [-0.2, 0) is 0 Å². The van der Waals surface area contributed by atoms with Gasteiger partial charge in [0.15, 0.2) is 23.2 Å². The van der Waals surface area contributed by atoms with Gasteiger partial charge in [0, 0.05) is 28.9 Å². The molecule has 3 aromatic carbocycles. The Labute approximate surface area is 189 Å². The summed E-state index contributed by atoms with van der Waals surface area (Å²) >= 11 is 0. The van der Waals surface area contributed by atoms with Crippen LogP contribution >= 0.6 is 0 Å². The number of halogens is 4. The Balaban J connectivity index is 1.68. The molecule has 6 nitrogen and oxygen atoms in total. The number of nitrogens with one attached hydrogen (secondary N) is 2. The maximum atomic E-state index is 15.1. The van der Waals surface area contributed by atoms with Gasteiger partial charge in [0.2, 0.25) is 0 Å². The number of hydrogen-bond donors (Lipinski definition) is 2. The van der Waals surface area contributed by atoms with Crippen molar-refractivity contribution in [2.75, 3.05) is 10.6 Å². The van der Waals surface area contributed by atoms with Gasteiger partial charge in [-0.15, -0.1) is 0 Å². The molecule has 10 heteroatoms. The van der Waals surface area contributed by atoms with E-state index in [4.69, 9.17) is 5.26 Å². The van der Waals surface area contributed by atoms with Gasteiger partial charge in [-0.2, -0.15) is 5.26 Å². The molecule has 0 fully saturated rings. The van der Waals surface area contributed by atoms with Crippen molar-refractivity contribution in [3.63, 3.8) is 0 Å². The lowest BCUT2D eigenvalue weighted by Crippen LogP contribution is -2.22. The van der Waals surface area contributed by atoms with E-state index in [0.29, 0.717) is 17.0 Å². The van der Waals surface area contributed by atoms with Crippen LogP contribution in [0.1, 0.15) is 21.5 Å². The van der Waals surface area contributed by atoms with Crippen molar-refractivity contribution in [1.82, 2.24) is 4.98 Å². The van der Waals surface area contributed by atoms with Crippen molar-refractivity contribution in [2.24, 2.45) is 0 Å². The molecule has 0 atom stereocenters. The average molecular weight is 464 g/mol. The van der Waals surface area contributed by atoms with Gasteiger partial charge in [-0.3, -0.25) is 9.78 Å². The average Bonchev–Trinajstić information content (AvgIpc) is 2.81. The zero-order valence-electron chi connectivity index (χ0n) is 17.0. The summed E-state index contributed by atoms with van der Waals surface area (Å²) in [4.78, 5) is 29.1. The second kappa shape index (κ2) is 8.99. The van der Waals surface area contributed by atoms with Crippen molar-refractivity contribution in [1.29, 1.82) is 5.26 Å². The van der Waals surface area contributed by atoms with Gasteiger partial charge in [0.1, 0.15) is 11.9 Å². The number of hydrogen-bond acceptors (Lipinski definition) is 4. The molecule has 2 amide bonds. The number of ketones is 1. The minimum atomic E-state index is -1.73. The van der Waals surface area contributed by atoms with Crippen LogP contribution in [0, 0.1) is 34.6 Å². The number of urea groups is 1. The van der Waals surface area contributed by atoms with Gasteiger partial charge in [-0.05, 0) is 42.5 Å². The fraction of sp³-hybridized carbons (Fsp3) is 0. The number of amides is 2. The van der Waals surface area contributed by atoms with Gasteiger partial charge in [0.25, 0.3) is 0 Å².